The molecule has 0 aromatic heterocycles. The molecule has 0 saturated carbocycles. The molecular weight excluding hydrogens is 653 g/mol. The fraction of sp³-hybridized carbons (Fsp3) is 0.816. The fourth-order valence-electron chi connectivity index (χ4n) is 10.5. The standard InChI is InChI=1S/C49H84O4/c1-6-33-48(8-3)35-27-25-23-21-19-17-15-13-11-10-12-14-16-18-20-22-24-26-28-36-49(9-4,34-7-2)45-38-44(37-43(39-48)46(45)52-5)53-40-41-29-31-42(32-30-41)47(50)51/h29-32,44-45H,6-28,33-40H2,1-5H3,(H,50,51). The third-order valence-electron chi connectivity index (χ3n) is 13.7. The zero-order valence-electron chi connectivity index (χ0n) is 35.6. The van der Waals surface area contributed by atoms with Crippen molar-refractivity contribution >= 4 is 5.97 Å². The van der Waals surface area contributed by atoms with Gasteiger partial charge in [-0.05, 0) is 85.5 Å². The minimum absolute atomic E-state index is 0.142. The van der Waals surface area contributed by atoms with Crippen molar-refractivity contribution in [1.82, 2.24) is 0 Å². The normalized spacial score (nSPS) is 27.5. The summed E-state index contributed by atoms with van der Waals surface area (Å²) in [6.45, 7) is 10.2. The molecule has 1 aromatic carbocycles. The average Bonchev–Trinajstić information content (AvgIpc) is 3.16. The predicted octanol–water partition coefficient (Wildman–Crippen LogP) is 15.6. The number of ether oxygens (including phenoxy) is 2. The SMILES string of the molecule is CCCC1(CC)CCCCCCCCCCCCCCCCCCCCCC(CC)(CCC)C2CC(OCc3ccc(C(=O)O)cc3)CC(=C2OC)C1. The lowest BCUT2D eigenvalue weighted by Crippen LogP contribution is -2.39. The molecule has 304 valence electrons. The van der Waals surface area contributed by atoms with Gasteiger partial charge in [-0.2, -0.15) is 0 Å². The zero-order chi connectivity index (χ0) is 38.2. The third kappa shape index (κ3) is 15.7. The number of fused-ring (bicyclic) bond motifs is 1. The van der Waals surface area contributed by atoms with Crippen LogP contribution in [0.5, 0.6) is 0 Å². The van der Waals surface area contributed by atoms with Crippen LogP contribution in [0.3, 0.4) is 0 Å². The Labute approximate surface area is 328 Å². The Morgan fingerprint density at radius 3 is 1.60 bits per heavy atom. The first-order chi connectivity index (χ1) is 25.9. The lowest BCUT2D eigenvalue weighted by Gasteiger charge is -2.47. The highest BCUT2D eigenvalue weighted by molar-refractivity contribution is 5.87. The van der Waals surface area contributed by atoms with Crippen molar-refractivity contribution in [2.45, 2.75) is 233 Å². The quantitative estimate of drug-likeness (QED) is 0.246. The summed E-state index contributed by atoms with van der Waals surface area (Å²) in [5, 5.41) is 9.43. The lowest BCUT2D eigenvalue weighted by molar-refractivity contribution is -0.0223. The number of carboxylic acid groups (broad SMARTS) is 1. The molecule has 4 atom stereocenters. The molecule has 0 aliphatic heterocycles. The average molecular weight is 737 g/mol. The molecule has 4 unspecified atom stereocenters. The van der Waals surface area contributed by atoms with E-state index in [-0.39, 0.29) is 11.5 Å². The van der Waals surface area contributed by atoms with Gasteiger partial charge in [0, 0.05) is 5.92 Å². The number of allylic oxidation sites excluding steroid dienone is 1. The van der Waals surface area contributed by atoms with Crippen molar-refractivity contribution in [3.63, 3.8) is 0 Å². The molecule has 53 heavy (non-hydrogen) atoms. The Hall–Kier alpha value is -1.81. The van der Waals surface area contributed by atoms with E-state index in [9.17, 15) is 9.90 Å². The molecule has 2 bridgehead atoms. The molecule has 4 heteroatoms. The molecule has 3 rings (SSSR count). The molecule has 2 aliphatic rings. The minimum atomic E-state index is -0.881. The summed E-state index contributed by atoms with van der Waals surface area (Å²) >= 11 is 0. The number of carboxylic acids is 1. The summed E-state index contributed by atoms with van der Waals surface area (Å²) < 4.78 is 13.5. The molecule has 0 fully saturated rings. The van der Waals surface area contributed by atoms with E-state index in [1.807, 2.05) is 19.2 Å². The summed E-state index contributed by atoms with van der Waals surface area (Å²) in [6.07, 6.45) is 39.9. The summed E-state index contributed by atoms with van der Waals surface area (Å²) in [6, 6.07) is 7.27. The first-order valence-electron chi connectivity index (χ1n) is 23.1. The van der Waals surface area contributed by atoms with Gasteiger partial charge in [0.2, 0.25) is 0 Å². The highest BCUT2D eigenvalue weighted by Gasteiger charge is 2.45. The Morgan fingerprint density at radius 1 is 0.679 bits per heavy atom. The number of rotatable bonds is 11. The van der Waals surface area contributed by atoms with Gasteiger partial charge in [-0.1, -0.05) is 181 Å². The van der Waals surface area contributed by atoms with Gasteiger partial charge in [0.15, 0.2) is 0 Å². The first kappa shape index (κ1) is 45.6. The van der Waals surface area contributed by atoms with Crippen LogP contribution in [0, 0.1) is 16.7 Å². The van der Waals surface area contributed by atoms with Crippen LogP contribution < -0.4 is 0 Å². The molecule has 0 amide bonds. The smallest absolute Gasteiger partial charge is 0.335 e. The van der Waals surface area contributed by atoms with Gasteiger partial charge in [0.25, 0.3) is 0 Å². The van der Waals surface area contributed by atoms with E-state index in [4.69, 9.17) is 9.47 Å². The van der Waals surface area contributed by atoms with E-state index in [0.29, 0.717) is 23.5 Å². The van der Waals surface area contributed by atoms with Crippen LogP contribution in [0.1, 0.15) is 236 Å². The minimum Gasteiger partial charge on any atom is -0.501 e. The summed E-state index contributed by atoms with van der Waals surface area (Å²) in [5.41, 5.74) is 3.45. The van der Waals surface area contributed by atoms with Crippen LogP contribution in [0.25, 0.3) is 0 Å². The van der Waals surface area contributed by atoms with E-state index < -0.39 is 5.97 Å². The maximum absolute atomic E-state index is 11.5. The molecule has 1 N–H and O–H groups in total. The van der Waals surface area contributed by atoms with Crippen molar-refractivity contribution in [3.05, 3.63) is 46.7 Å². The van der Waals surface area contributed by atoms with Gasteiger partial charge in [-0.25, -0.2) is 4.79 Å². The van der Waals surface area contributed by atoms with Gasteiger partial charge in [0.1, 0.15) is 0 Å². The summed E-state index contributed by atoms with van der Waals surface area (Å²) in [5.74, 6) is 0.811. The number of benzene rings is 1. The van der Waals surface area contributed by atoms with E-state index in [1.54, 1.807) is 12.1 Å². The lowest BCUT2D eigenvalue weighted by atomic mass is 9.61. The van der Waals surface area contributed by atoms with Crippen LogP contribution in [-0.4, -0.2) is 24.3 Å². The van der Waals surface area contributed by atoms with Crippen LogP contribution in [0.4, 0.5) is 0 Å². The van der Waals surface area contributed by atoms with Gasteiger partial charge < -0.3 is 14.6 Å². The highest BCUT2D eigenvalue weighted by Crippen LogP contribution is 2.53. The Bertz CT molecular complexity index is 1140. The largest absolute Gasteiger partial charge is 0.501 e. The van der Waals surface area contributed by atoms with Gasteiger partial charge in [-0.15, -0.1) is 0 Å². The molecule has 0 spiro atoms. The second kappa shape index (κ2) is 26.1. The van der Waals surface area contributed by atoms with Crippen LogP contribution >= 0.6 is 0 Å². The second-order valence-corrected chi connectivity index (χ2v) is 17.6. The van der Waals surface area contributed by atoms with E-state index in [2.05, 4.69) is 27.7 Å². The molecule has 0 heterocycles. The monoisotopic (exact) mass is 737 g/mol. The Kier molecular flexibility index (Phi) is 22.5. The molecule has 2 aliphatic carbocycles. The number of hydrogen-bond acceptors (Lipinski definition) is 3. The van der Waals surface area contributed by atoms with E-state index in [0.717, 1.165) is 24.8 Å². The molecule has 1 aromatic rings. The van der Waals surface area contributed by atoms with Crippen molar-refractivity contribution in [2.75, 3.05) is 7.11 Å². The molecule has 0 radical (unpaired) electrons. The summed E-state index contributed by atoms with van der Waals surface area (Å²) in [4.78, 5) is 11.5. The number of hydrogen-bond donors (Lipinski definition) is 1. The summed E-state index contributed by atoms with van der Waals surface area (Å²) in [7, 11) is 1.97. The van der Waals surface area contributed by atoms with E-state index >= 15 is 0 Å². The van der Waals surface area contributed by atoms with Gasteiger partial charge in [-0.3, -0.25) is 0 Å². The maximum Gasteiger partial charge on any atom is 0.335 e. The number of methoxy groups -OCH3 is 1. The van der Waals surface area contributed by atoms with Gasteiger partial charge in [0.05, 0.1) is 31.1 Å². The van der Waals surface area contributed by atoms with Crippen molar-refractivity contribution in [1.29, 1.82) is 0 Å². The molecule has 0 saturated heterocycles. The molecular formula is C49H84O4. The van der Waals surface area contributed by atoms with Gasteiger partial charge >= 0.3 is 5.97 Å². The highest BCUT2D eigenvalue weighted by atomic mass is 16.5. The third-order valence-corrected chi connectivity index (χ3v) is 13.7. The zero-order valence-corrected chi connectivity index (χ0v) is 35.6. The second-order valence-electron chi connectivity index (χ2n) is 17.6. The molecule has 4 nitrogen and oxygen atoms in total. The predicted molar refractivity (Wildman–Crippen MR) is 226 cm³/mol. The van der Waals surface area contributed by atoms with Crippen LogP contribution in [0.15, 0.2) is 35.6 Å². The van der Waals surface area contributed by atoms with E-state index in [1.165, 1.54) is 185 Å². The topological polar surface area (TPSA) is 55.8 Å². The van der Waals surface area contributed by atoms with Crippen molar-refractivity contribution < 1.29 is 19.4 Å². The van der Waals surface area contributed by atoms with Crippen LogP contribution in [0.2, 0.25) is 0 Å². The maximum atomic E-state index is 11.5. The number of aromatic carboxylic acids is 1. The van der Waals surface area contributed by atoms with Crippen molar-refractivity contribution in [2.24, 2.45) is 16.7 Å². The Balaban J connectivity index is 1.89. The Morgan fingerprint density at radius 2 is 1.17 bits per heavy atom. The van der Waals surface area contributed by atoms with Crippen molar-refractivity contribution in [3.8, 4) is 0 Å². The fourth-order valence-corrected chi connectivity index (χ4v) is 10.5. The number of carbonyl (C=O) groups is 1. The first-order valence-corrected chi connectivity index (χ1v) is 23.1. The van der Waals surface area contributed by atoms with Crippen LogP contribution in [-0.2, 0) is 16.1 Å².